The maximum absolute atomic E-state index is 13.8. The fourth-order valence-corrected chi connectivity index (χ4v) is 5.94. The van der Waals surface area contributed by atoms with Crippen LogP contribution in [0.15, 0.2) is 47.4 Å². The van der Waals surface area contributed by atoms with E-state index in [2.05, 4.69) is 0 Å². The molecule has 30 heavy (non-hydrogen) atoms. The molecule has 1 amide bonds. The number of sulfonamides is 1. The Morgan fingerprint density at radius 1 is 1.10 bits per heavy atom. The van der Waals surface area contributed by atoms with E-state index in [9.17, 15) is 17.6 Å². The van der Waals surface area contributed by atoms with Crippen molar-refractivity contribution in [3.63, 3.8) is 0 Å². The number of carbonyl (C=O) groups is 1. The summed E-state index contributed by atoms with van der Waals surface area (Å²) in [7, 11) is -3.84. The molecule has 2 heterocycles. The smallest absolute Gasteiger partial charge is 0.243 e. The van der Waals surface area contributed by atoms with Gasteiger partial charge < -0.3 is 9.64 Å². The van der Waals surface area contributed by atoms with Crippen LogP contribution in [0.1, 0.15) is 44.2 Å². The molecule has 0 radical (unpaired) electrons. The van der Waals surface area contributed by atoms with Gasteiger partial charge in [0.1, 0.15) is 18.2 Å². The summed E-state index contributed by atoms with van der Waals surface area (Å²) in [6, 6.07) is 10.4. The Balaban J connectivity index is 1.73. The molecular formula is C22H25FN2O4S. The lowest BCUT2D eigenvalue weighted by atomic mass is 10.0. The summed E-state index contributed by atoms with van der Waals surface area (Å²) >= 11 is 0. The number of nitrogens with zero attached hydrogens (tertiary/aromatic N) is 2. The largest absolute Gasteiger partial charge is 0.489 e. The SMILES string of the molecule is CC(=O)N1CCOc2cc(S(=O)(=O)N3CCCCC[C@@H]3c3cccc(F)c3)ccc21. The second-order valence-electron chi connectivity index (χ2n) is 7.68. The van der Waals surface area contributed by atoms with E-state index in [0.717, 1.165) is 19.3 Å². The molecule has 2 aliphatic heterocycles. The predicted molar refractivity (Wildman–Crippen MR) is 111 cm³/mol. The number of hydrogen-bond acceptors (Lipinski definition) is 4. The number of benzene rings is 2. The van der Waals surface area contributed by atoms with E-state index in [1.54, 1.807) is 23.1 Å². The first-order valence-electron chi connectivity index (χ1n) is 10.2. The van der Waals surface area contributed by atoms with Crippen molar-refractivity contribution >= 4 is 21.6 Å². The van der Waals surface area contributed by atoms with E-state index in [0.29, 0.717) is 43.1 Å². The molecule has 0 bridgehead atoms. The highest BCUT2D eigenvalue weighted by Gasteiger charge is 2.34. The van der Waals surface area contributed by atoms with Gasteiger partial charge in [0, 0.05) is 19.5 Å². The van der Waals surface area contributed by atoms with Gasteiger partial charge >= 0.3 is 0 Å². The number of anilines is 1. The normalized spacial score (nSPS) is 20.2. The number of halogens is 1. The summed E-state index contributed by atoms with van der Waals surface area (Å²) in [5.74, 6) is -0.107. The van der Waals surface area contributed by atoms with Gasteiger partial charge in [0.2, 0.25) is 15.9 Å². The molecule has 1 saturated heterocycles. The summed E-state index contributed by atoms with van der Waals surface area (Å²) in [5, 5.41) is 0. The van der Waals surface area contributed by atoms with Gasteiger partial charge in [0.25, 0.3) is 0 Å². The molecule has 0 aliphatic carbocycles. The fourth-order valence-electron chi connectivity index (χ4n) is 4.24. The van der Waals surface area contributed by atoms with Crippen molar-refractivity contribution in [3.05, 3.63) is 53.8 Å². The second kappa shape index (κ2) is 8.35. The third-order valence-electron chi connectivity index (χ3n) is 5.72. The van der Waals surface area contributed by atoms with Crippen LogP contribution in [-0.2, 0) is 14.8 Å². The molecule has 1 fully saturated rings. The maximum atomic E-state index is 13.8. The third-order valence-corrected chi connectivity index (χ3v) is 7.62. The summed E-state index contributed by atoms with van der Waals surface area (Å²) in [4.78, 5) is 13.6. The van der Waals surface area contributed by atoms with E-state index in [1.807, 2.05) is 0 Å². The summed E-state index contributed by atoms with van der Waals surface area (Å²) in [5.41, 5.74) is 1.24. The Morgan fingerprint density at radius 3 is 2.70 bits per heavy atom. The lowest BCUT2D eigenvalue weighted by Gasteiger charge is -2.31. The summed E-state index contributed by atoms with van der Waals surface area (Å²) in [6.45, 7) is 2.59. The van der Waals surface area contributed by atoms with Crippen molar-refractivity contribution in [1.82, 2.24) is 4.31 Å². The van der Waals surface area contributed by atoms with Gasteiger partial charge in [-0.15, -0.1) is 0 Å². The summed E-state index contributed by atoms with van der Waals surface area (Å²) < 4.78 is 48.2. The lowest BCUT2D eigenvalue weighted by Crippen LogP contribution is -2.37. The van der Waals surface area contributed by atoms with Crippen LogP contribution in [0.3, 0.4) is 0 Å². The zero-order valence-electron chi connectivity index (χ0n) is 16.9. The van der Waals surface area contributed by atoms with Crippen LogP contribution in [-0.4, -0.2) is 38.3 Å². The number of rotatable bonds is 3. The highest BCUT2D eigenvalue weighted by molar-refractivity contribution is 7.89. The minimum absolute atomic E-state index is 0.117. The zero-order chi connectivity index (χ0) is 21.3. The molecule has 4 rings (SSSR count). The predicted octanol–water partition coefficient (Wildman–Crippen LogP) is 3.88. The molecule has 2 aliphatic rings. The maximum Gasteiger partial charge on any atom is 0.243 e. The van der Waals surface area contributed by atoms with Crippen molar-refractivity contribution in [3.8, 4) is 5.75 Å². The van der Waals surface area contributed by atoms with Crippen molar-refractivity contribution in [2.24, 2.45) is 0 Å². The van der Waals surface area contributed by atoms with E-state index in [4.69, 9.17) is 4.74 Å². The first-order chi connectivity index (χ1) is 14.4. The lowest BCUT2D eigenvalue weighted by molar-refractivity contribution is -0.116. The van der Waals surface area contributed by atoms with Crippen LogP contribution in [0.4, 0.5) is 10.1 Å². The average Bonchev–Trinajstić information content (AvgIpc) is 2.99. The van der Waals surface area contributed by atoms with Crippen molar-refractivity contribution < 1.29 is 22.3 Å². The Hall–Kier alpha value is -2.45. The molecule has 160 valence electrons. The highest BCUT2D eigenvalue weighted by atomic mass is 32.2. The molecular weight excluding hydrogens is 407 g/mol. The minimum Gasteiger partial charge on any atom is -0.489 e. The number of ether oxygens (including phenoxy) is 1. The van der Waals surface area contributed by atoms with Crippen LogP contribution in [0, 0.1) is 5.82 Å². The van der Waals surface area contributed by atoms with Crippen LogP contribution >= 0.6 is 0 Å². The monoisotopic (exact) mass is 432 g/mol. The van der Waals surface area contributed by atoms with Gasteiger partial charge in [-0.1, -0.05) is 25.0 Å². The highest BCUT2D eigenvalue weighted by Crippen LogP contribution is 2.38. The molecule has 6 nitrogen and oxygen atoms in total. The van der Waals surface area contributed by atoms with Crippen LogP contribution < -0.4 is 9.64 Å². The van der Waals surface area contributed by atoms with E-state index >= 15 is 0 Å². The first-order valence-corrected chi connectivity index (χ1v) is 11.6. The van der Waals surface area contributed by atoms with Crippen LogP contribution in [0.25, 0.3) is 0 Å². The Labute approximate surface area is 176 Å². The zero-order valence-corrected chi connectivity index (χ0v) is 17.7. The van der Waals surface area contributed by atoms with Crippen molar-refractivity contribution in [2.75, 3.05) is 24.6 Å². The van der Waals surface area contributed by atoms with Gasteiger partial charge in [-0.25, -0.2) is 12.8 Å². The molecule has 2 aromatic carbocycles. The Bertz CT molecular complexity index is 1060. The second-order valence-corrected chi connectivity index (χ2v) is 9.58. The molecule has 0 N–H and O–H groups in total. The molecule has 0 saturated carbocycles. The van der Waals surface area contributed by atoms with Crippen LogP contribution in [0.2, 0.25) is 0 Å². The number of amides is 1. The number of fused-ring (bicyclic) bond motifs is 1. The first kappa shape index (κ1) is 20.8. The Kier molecular flexibility index (Phi) is 5.79. The van der Waals surface area contributed by atoms with Gasteiger partial charge in [-0.05, 0) is 42.7 Å². The minimum atomic E-state index is -3.84. The number of carbonyl (C=O) groups excluding carboxylic acids is 1. The summed E-state index contributed by atoms with van der Waals surface area (Å²) in [6.07, 6.45) is 3.21. The van der Waals surface area contributed by atoms with E-state index < -0.39 is 16.1 Å². The van der Waals surface area contributed by atoms with Gasteiger partial charge in [-0.2, -0.15) is 4.31 Å². The topological polar surface area (TPSA) is 66.9 Å². The van der Waals surface area contributed by atoms with Gasteiger partial charge in [-0.3, -0.25) is 4.79 Å². The number of hydrogen-bond donors (Lipinski definition) is 0. The fraction of sp³-hybridized carbons (Fsp3) is 0.409. The molecule has 0 spiro atoms. The molecule has 0 unspecified atom stereocenters. The average molecular weight is 433 g/mol. The van der Waals surface area contributed by atoms with Crippen molar-refractivity contribution in [2.45, 2.75) is 43.5 Å². The standard InChI is InChI=1S/C22H25FN2O4S/c1-16(26)24-12-13-29-22-15-19(9-10-21(22)24)30(27,28)25-11-4-2-3-8-20(25)17-6-5-7-18(23)14-17/h5-7,9-10,14-15,20H,2-4,8,11-13H2,1H3/t20-/m1/s1. The molecule has 0 aromatic heterocycles. The molecule has 1 atom stereocenters. The van der Waals surface area contributed by atoms with Gasteiger partial charge in [0.15, 0.2) is 0 Å². The van der Waals surface area contributed by atoms with Crippen molar-refractivity contribution in [1.29, 1.82) is 0 Å². The van der Waals surface area contributed by atoms with E-state index in [-0.39, 0.29) is 16.6 Å². The van der Waals surface area contributed by atoms with Crippen LogP contribution in [0.5, 0.6) is 5.75 Å². The molecule has 2 aromatic rings. The third kappa shape index (κ3) is 3.94. The van der Waals surface area contributed by atoms with E-state index in [1.165, 1.54) is 35.5 Å². The van der Waals surface area contributed by atoms with Gasteiger partial charge in [0.05, 0.1) is 23.2 Å². The Morgan fingerprint density at radius 2 is 1.93 bits per heavy atom. The quantitative estimate of drug-likeness (QED) is 0.738. The molecule has 8 heteroatoms.